The van der Waals surface area contributed by atoms with Gasteiger partial charge in [-0.15, -0.1) is 0 Å². The molecule has 0 heterocycles. The van der Waals surface area contributed by atoms with Crippen LogP contribution in [0.4, 0.5) is 0 Å². The monoisotopic (exact) mass is 464 g/mol. The third-order valence-corrected chi connectivity index (χ3v) is 7.13. The molecular weight excluding hydrogens is 398 g/mol. The Bertz CT molecular complexity index is 360. The van der Waals surface area contributed by atoms with Crippen LogP contribution in [0, 0.1) is 0 Å². The van der Waals surface area contributed by atoms with Gasteiger partial charge in [-0.2, -0.15) is 0 Å². The molecule has 33 heavy (non-hydrogen) atoms. The Morgan fingerprint density at radius 2 is 0.606 bits per heavy atom. The molecule has 0 atom stereocenters. The molecule has 0 amide bonds. The zero-order chi connectivity index (χ0) is 24.1. The number of allylic oxidation sites excluding steroid dienone is 1. The van der Waals surface area contributed by atoms with E-state index in [4.69, 9.17) is 0 Å². The molecule has 0 aromatic carbocycles. The highest BCUT2D eigenvalue weighted by Crippen LogP contribution is 2.16. The highest BCUT2D eigenvalue weighted by molar-refractivity contribution is 4.78. The Hall–Kier alpha value is -0.460. The lowest BCUT2D eigenvalue weighted by Crippen LogP contribution is -1.99. The van der Waals surface area contributed by atoms with E-state index in [2.05, 4.69) is 38.2 Å². The molecule has 0 aliphatic rings. The lowest BCUT2D eigenvalue weighted by molar-refractivity contribution is 0.515. The zero-order valence-corrected chi connectivity index (χ0v) is 23.7. The van der Waals surface area contributed by atoms with Crippen molar-refractivity contribution in [1.29, 1.82) is 0 Å². The minimum Gasteiger partial charge on any atom is -0.384 e. The summed E-state index contributed by atoms with van der Waals surface area (Å²) in [6.07, 6.45) is 43.9. The van der Waals surface area contributed by atoms with E-state index < -0.39 is 0 Å². The summed E-state index contributed by atoms with van der Waals surface area (Å²) in [5, 5.41) is 0. The van der Waals surface area contributed by atoms with Crippen molar-refractivity contribution < 1.29 is 0 Å². The number of nitrogens with zero attached hydrogens (tertiary/aromatic N) is 1. The zero-order valence-electron chi connectivity index (χ0n) is 23.7. The summed E-state index contributed by atoms with van der Waals surface area (Å²) in [6, 6.07) is 0. The molecule has 0 saturated heterocycles. The van der Waals surface area contributed by atoms with Gasteiger partial charge in [0.15, 0.2) is 0 Å². The summed E-state index contributed by atoms with van der Waals surface area (Å²) in [6.45, 7) is 2.30. The van der Waals surface area contributed by atoms with Gasteiger partial charge in [-0.05, 0) is 19.0 Å². The van der Waals surface area contributed by atoms with Crippen molar-refractivity contribution in [3.63, 3.8) is 0 Å². The van der Waals surface area contributed by atoms with Crippen molar-refractivity contribution in [2.45, 2.75) is 180 Å². The summed E-state index contributed by atoms with van der Waals surface area (Å²) >= 11 is 0. The van der Waals surface area contributed by atoms with E-state index in [0.29, 0.717) is 0 Å². The molecule has 0 bridgehead atoms. The Labute approximate surface area is 211 Å². The van der Waals surface area contributed by atoms with Crippen molar-refractivity contribution in [3.8, 4) is 0 Å². The Morgan fingerprint density at radius 1 is 0.364 bits per heavy atom. The van der Waals surface area contributed by atoms with Crippen molar-refractivity contribution in [2.24, 2.45) is 0 Å². The first-order valence-electron chi connectivity index (χ1n) is 15.6. The Morgan fingerprint density at radius 3 is 0.848 bits per heavy atom. The van der Waals surface area contributed by atoms with Crippen LogP contribution in [0.2, 0.25) is 0 Å². The van der Waals surface area contributed by atoms with E-state index in [1.165, 1.54) is 173 Å². The molecule has 0 aliphatic carbocycles. The van der Waals surface area contributed by atoms with Crippen LogP contribution in [-0.4, -0.2) is 19.0 Å². The predicted molar refractivity (Wildman–Crippen MR) is 153 cm³/mol. The van der Waals surface area contributed by atoms with Gasteiger partial charge >= 0.3 is 0 Å². The van der Waals surface area contributed by atoms with E-state index in [0.717, 1.165) is 0 Å². The van der Waals surface area contributed by atoms with Gasteiger partial charge < -0.3 is 4.90 Å². The second-order valence-electron chi connectivity index (χ2n) is 11.0. The number of hydrogen-bond acceptors (Lipinski definition) is 1. The third kappa shape index (κ3) is 31.5. The van der Waals surface area contributed by atoms with Gasteiger partial charge in [0.1, 0.15) is 0 Å². The largest absolute Gasteiger partial charge is 0.384 e. The molecule has 0 spiro atoms. The van der Waals surface area contributed by atoms with Crippen LogP contribution in [-0.2, 0) is 0 Å². The second kappa shape index (κ2) is 29.6. The maximum Gasteiger partial charge on any atom is 0.00555 e. The van der Waals surface area contributed by atoms with E-state index in [-0.39, 0.29) is 0 Å². The highest BCUT2D eigenvalue weighted by atomic mass is 15.0. The summed E-state index contributed by atoms with van der Waals surface area (Å²) < 4.78 is 0. The van der Waals surface area contributed by atoms with E-state index in [1.807, 2.05) is 0 Å². The van der Waals surface area contributed by atoms with Crippen LogP contribution < -0.4 is 0 Å². The molecule has 0 fully saturated rings. The maximum absolute atomic E-state index is 2.30. The maximum atomic E-state index is 2.30. The average molecular weight is 464 g/mol. The topological polar surface area (TPSA) is 3.24 Å². The summed E-state index contributed by atoms with van der Waals surface area (Å²) in [5.74, 6) is 0. The summed E-state index contributed by atoms with van der Waals surface area (Å²) in [5.41, 5.74) is 0. The van der Waals surface area contributed by atoms with Crippen LogP contribution in [0.3, 0.4) is 0 Å². The Kier molecular flexibility index (Phi) is 29.2. The molecule has 0 aromatic heterocycles. The van der Waals surface area contributed by atoms with E-state index in [1.54, 1.807) is 0 Å². The van der Waals surface area contributed by atoms with Crippen molar-refractivity contribution in [2.75, 3.05) is 14.1 Å². The molecule has 1 nitrogen and oxygen atoms in total. The van der Waals surface area contributed by atoms with Gasteiger partial charge in [0.2, 0.25) is 0 Å². The SMILES string of the molecule is CCCCCCCCCCCCCCCCCCCCCCCCCCCCC=CN(C)C. The lowest BCUT2D eigenvalue weighted by atomic mass is 10.0. The van der Waals surface area contributed by atoms with Gasteiger partial charge in [-0.25, -0.2) is 0 Å². The van der Waals surface area contributed by atoms with Gasteiger partial charge in [-0.3, -0.25) is 0 Å². The Balaban J connectivity index is 3.03. The molecule has 198 valence electrons. The minimum absolute atomic E-state index is 1.25. The second-order valence-corrected chi connectivity index (χ2v) is 11.0. The van der Waals surface area contributed by atoms with Crippen LogP contribution in [0.25, 0.3) is 0 Å². The molecule has 0 radical (unpaired) electrons. The van der Waals surface area contributed by atoms with Gasteiger partial charge in [-0.1, -0.05) is 174 Å². The molecule has 0 rings (SSSR count). The normalized spacial score (nSPS) is 11.6. The number of unbranched alkanes of at least 4 members (excludes halogenated alkanes) is 26. The molecule has 0 aliphatic heterocycles. The fraction of sp³-hybridized carbons (Fsp3) is 0.938. The molecule has 0 saturated carbocycles. The highest BCUT2D eigenvalue weighted by Gasteiger charge is 1.96. The standard InChI is InChI=1S/C32H65N/c1-4-5-6-7-8-9-10-11-12-13-14-15-16-17-18-19-20-21-22-23-24-25-26-27-28-29-30-31-32-33(2)3/h31-32H,4-30H2,1-3H3. The molecule has 0 N–H and O–H groups in total. The summed E-state index contributed by atoms with van der Waals surface area (Å²) in [4.78, 5) is 2.13. The molecule has 0 aromatic rings. The number of hydrogen-bond donors (Lipinski definition) is 0. The lowest BCUT2D eigenvalue weighted by Gasteiger charge is -2.04. The average Bonchev–Trinajstić information content (AvgIpc) is 2.80. The van der Waals surface area contributed by atoms with E-state index in [9.17, 15) is 0 Å². The quantitative estimate of drug-likeness (QED) is 0.104. The van der Waals surface area contributed by atoms with Crippen LogP contribution in [0.15, 0.2) is 12.3 Å². The minimum atomic E-state index is 1.25. The summed E-state index contributed by atoms with van der Waals surface area (Å²) in [7, 11) is 4.19. The van der Waals surface area contributed by atoms with E-state index >= 15 is 0 Å². The molecule has 0 unspecified atom stereocenters. The number of rotatable bonds is 28. The first kappa shape index (κ1) is 32.5. The van der Waals surface area contributed by atoms with Crippen molar-refractivity contribution in [3.05, 3.63) is 12.3 Å². The smallest absolute Gasteiger partial charge is 0.00555 e. The first-order valence-corrected chi connectivity index (χ1v) is 15.6. The molecule has 1 heteroatoms. The van der Waals surface area contributed by atoms with Crippen molar-refractivity contribution >= 4 is 0 Å². The van der Waals surface area contributed by atoms with Crippen LogP contribution in [0.5, 0.6) is 0 Å². The fourth-order valence-corrected chi connectivity index (χ4v) is 4.86. The van der Waals surface area contributed by atoms with Crippen LogP contribution >= 0.6 is 0 Å². The predicted octanol–water partition coefficient (Wildman–Crippen LogP) is 11.6. The molecular formula is C32H65N. The van der Waals surface area contributed by atoms with Crippen LogP contribution in [0.1, 0.15) is 180 Å². The van der Waals surface area contributed by atoms with Crippen molar-refractivity contribution in [1.82, 2.24) is 4.90 Å². The van der Waals surface area contributed by atoms with Gasteiger partial charge in [0.05, 0.1) is 0 Å². The third-order valence-electron chi connectivity index (χ3n) is 7.13. The fourth-order valence-electron chi connectivity index (χ4n) is 4.86. The first-order chi connectivity index (χ1) is 16.3. The van der Waals surface area contributed by atoms with Gasteiger partial charge in [0.25, 0.3) is 0 Å². The van der Waals surface area contributed by atoms with Gasteiger partial charge in [0, 0.05) is 14.1 Å².